The zero-order chi connectivity index (χ0) is 13.6. The number of nitrogens with zero attached hydrogens (tertiary/aromatic N) is 2. The summed E-state index contributed by atoms with van der Waals surface area (Å²) in [5.74, 6) is 1.39. The first-order valence-corrected chi connectivity index (χ1v) is 7.79. The largest absolute Gasteiger partial charge is 0.340 e. The molecule has 0 saturated heterocycles. The van der Waals surface area contributed by atoms with Crippen LogP contribution in [0.2, 0.25) is 0 Å². The molecule has 4 unspecified atom stereocenters. The van der Waals surface area contributed by atoms with Crippen molar-refractivity contribution in [1.82, 2.24) is 9.88 Å². The van der Waals surface area contributed by atoms with E-state index in [1.54, 1.807) is 11.3 Å². The smallest absolute Gasteiger partial charge is 0.227 e. The average molecular weight is 279 g/mol. The highest BCUT2D eigenvalue weighted by molar-refractivity contribution is 7.11. The van der Waals surface area contributed by atoms with E-state index in [0.717, 1.165) is 16.3 Å². The Bertz CT molecular complexity index is 485. The highest BCUT2D eigenvalue weighted by Gasteiger charge is 2.49. The summed E-state index contributed by atoms with van der Waals surface area (Å²) in [5, 5.41) is 1.05. The molecule has 104 valence electrons. The average Bonchev–Trinajstić information content (AvgIpc) is 3.05. The summed E-state index contributed by atoms with van der Waals surface area (Å²) in [5.41, 5.74) is 6.24. The lowest BCUT2D eigenvalue weighted by molar-refractivity contribution is -0.136. The van der Waals surface area contributed by atoms with Crippen molar-refractivity contribution in [2.75, 3.05) is 7.05 Å². The molecule has 0 aliphatic heterocycles. The lowest BCUT2D eigenvalue weighted by atomic mass is 9.84. The second kappa shape index (κ2) is 4.87. The second-order valence-electron chi connectivity index (χ2n) is 5.98. The second-order valence-corrected chi connectivity index (χ2v) is 7.30. The van der Waals surface area contributed by atoms with Gasteiger partial charge in [-0.05, 0) is 38.0 Å². The zero-order valence-corrected chi connectivity index (χ0v) is 12.3. The summed E-state index contributed by atoms with van der Waals surface area (Å²) < 4.78 is 0. The predicted molar refractivity (Wildman–Crippen MR) is 75.6 cm³/mol. The van der Waals surface area contributed by atoms with Gasteiger partial charge < -0.3 is 10.6 Å². The molecule has 2 bridgehead atoms. The van der Waals surface area contributed by atoms with E-state index >= 15 is 0 Å². The SMILES string of the molecule is Cc1ncc(CN(C)C(=O)C2C3CCC(C3)C2N)s1. The Balaban J connectivity index is 1.67. The van der Waals surface area contributed by atoms with Crippen LogP contribution < -0.4 is 5.73 Å². The van der Waals surface area contributed by atoms with Gasteiger partial charge in [0.05, 0.1) is 17.5 Å². The summed E-state index contributed by atoms with van der Waals surface area (Å²) in [4.78, 5) is 19.8. The molecule has 3 rings (SSSR count). The van der Waals surface area contributed by atoms with E-state index in [1.165, 1.54) is 12.8 Å². The fraction of sp³-hybridized carbons (Fsp3) is 0.714. The molecule has 4 nitrogen and oxygen atoms in total. The number of thiazole rings is 1. The molecule has 1 heterocycles. The molecule has 2 saturated carbocycles. The number of carbonyl (C=O) groups excluding carboxylic acids is 1. The molecule has 0 radical (unpaired) electrons. The van der Waals surface area contributed by atoms with Crippen LogP contribution in [0.1, 0.15) is 29.1 Å². The van der Waals surface area contributed by atoms with Gasteiger partial charge in [0.15, 0.2) is 0 Å². The van der Waals surface area contributed by atoms with Crippen LogP contribution in [0.5, 0.6) is 0 Å². The number of aryl methyl sites for hydroxylation is 1. The number of nitrogens with two attached hydrogens (primary N) is 1. The van der Waals surface area contributed by atoms with Crippen molar-refractivity contribution in [2.24, 2.45) is 23.5 Å². The Morgan fingerprint density at radius 3 is 2.84 bits per heavy atom. The molecule has 2 aliphatic carbocycles. The third-order valence-electron chi connectivity index (χ3n) is 4.70. The van der Waals surface area contributed by atoms with Crippen LogP contribution in [-0.2, 0) is 11.3 Å². The Morgan fingerprint density at radius 2 is 2.26 bits per heavy atom. The molecular weight excluding hydrogens is 258 g/mol. The zero-order valence-electron chi connectivity index (χ0n) is 11.5. The number of hydrogen-bond donors (Lipinski definition) is 1. The van der Waals surface area contributed by atoms with Gasteiger partial charge >= 0.3 is 0 Å². The minimum atomic E-state index is 0.0535. The third-order valence-corrected chi connectivity index (χ3v) is 5.60. The van der Waals surface area contributed by atoms with Gasteiger partial charge in [0.1, 0.15) is 0 Å². The first-order valence-electron chi connectivity index (χ1n) is 6.98. The van der Waals surface area contributed by atoms with Crippen molar-refractivity contribution >= 4 is 17.2 Å². The van der Waals surface area contributed by atoms with Gasteiger partial charge in [-0.2, -0.15) is 0 Å². The Hall–Kier alpha value is -0.940. The molecule has 2 aliphatic rings. The molecule has 1 amide bonds. The van der Waals surface area contributed by atoms with Crippen LogP contribution >= 0.6 is 11.3 Å². The lowest BCUT2D eigenvalue weighted by Crippen LogP contribution is -2.45. The van der Waals surface area contributed by atoms with Crippen molar-refractivity contribution in [2.45, 2.75) is 38.8 Å². The van der Waals surface area contributed by atoms with Crippen molar-refractivity contribution in [1.29, 1.82) is 0 Å². The molecule has 4 atom stereocenters. The van der Waals surface area contributed by atoms with E-state index in [9.17, 15) is 4.79 Å². The van der Waals surface area contributed by atoms with Crippen molar-refractivity contribution < 1.29 is 4.79 Å². The normalized spacial score (nSPS) is 32.8. The molecule has 1 aromatic heterocycles. The molecule has 0 spiro atoms. The van der Waals surface area contributed by atoms with Crippen molar-refractivity contribution in [3.8, 4) is 0 Å². The maximum atomic E-state index is 12.6. The minimum Gasteiger partial charge on any atom is -0.340 e. The number of hydrogen-bond acceptors (Lipinski definition) is 4. The third kappa shape index (κ3) is 2.30. The number of fused-ring (bicyclic) bond motifs is 2. The van der Waals surface area contributed by atoms with E-state index in [0.29, 0.717) is 18.4 Å². The quantitative estimate of drug-likeness (QED) is 0.917. The number of carbonyl (C=O) groups is 1. The van der Waals surface area contributed by atoms with Crippen LogP contribution in [0.4, 0.5) is 0 Å². The van der Waals surface area contributed by atoms with Crippen molar-refractivity contribution in [3.05, 3.63) is 16.1 Å². The van der Waals surface area contributed by atoms with Gasteiger partial charge in [-0.3, -0.25) is 4.79 Å². The first-order chi connectivity index (χ1) is 9.06. The topological polar surface area (TPSA) is 59.2 Å². The van der Waals surface area contributed by atoms with E-state index in [-0.39, 0.29) is 17.9 Å². The first kappa shape index (κ1) is 13.1. The number of amides is 1. The van der Waals surface area contributed by atoms with Crippen LogP contribution in [0, 0.1) is 24.7 Å². The van der Waals surface area contributed by atoms with E-state index in [4.69, 9.17) is 5.73 Å². The lowest BCUT2D eigenvalue weighted by Gasteiger charge is -2.30. The predicted octanol–water partition coefficient (Wildman–Crippen LogP) is 1.78. The van der Waals surface area contributed by atoms with Crippen LogP contribution in [0.25, 0.3) is 0 Å². The number of rotatable bonds is 3. The molecule has 1 aromatic rings. The summed E-state index contributed by atoms with van der Waals surface area (Å²) in [7, 11) is 1.89. The Labute approximate surface area is 118 Å². The highest BCUT2D eigenvalue weighted by atomic mass is 32.1. The fourth-order valence-corrected chi connectivity index (χ4v) is 4.60. The monoisotopic (exact) mass is 279 g/mol. The molecule has 2 N–H and O–H groups in total. The van der Waals surface area contributed by atoms with Gasteiger partial charge in [-0.15, -0.1) is 11.3 Å². The summed E-state index contributed by atoms with van der Waals surface area (Å²) in [6.45, 7) is 2.65. The summed E-state index contributed by atoms with van der Waals surface area (Å²) in [6.07, 6.45) is 5.42. The van der Waals surface area contributed by atoms with Gasteiger partial charge in [-0.1, -0.05) is 0 Å². The Morgan fingerprint density at radius 1 is 1.53 bits per heavy atom. The standard InChI is InChI=1S/C14H21N3OS/c1-8-16-6-11(19-8)7-17(2)14(18)12-9-3-4-10(5-9)13(12)15/h6,9-10,12-13H,3-5,7,15H2,1-2H3. The van der Waals surface area contributed by atoms with Crippen molar-refractivity contribution in [3.63, 3.8) is 0 Å². The Kier molecular flexibility index (Phi) is 3.35. The maximum Gasteiger partial charge on any atom is 0.227 e. The summed E-state index contributed by atoms with van der Waals surface area (Å²) >= 11 is 1.66. The maximum absolute atomic E-state index is 12.6. The number of aromatic nitrogens is 1. The van der Waals surface area contributed by atoms with Gasteiger partial charge in [0.25, 0.3) is 0 Å². The highest BCUT2D eigenvalue weighted by Crippen LogP contribution is 2.48. The van der Waals surface area contributed by atoms with Gasteiger partial charge in [0.2, 0.25) is 5.91 Å². The van der Waals surface area contributed by atoms with Crippen LogP contribution in [-0.4, -0.2) is 28.9 Å². The summed E-state index contributed by atoms with van der Waals surface area (Å²) in [6, 6.07) is 0.0805. The van der Waals surface area contributed by atoms with Crippen LogP contribution in [0.15, 0.2) is 6.20 Å². The molecule has 5 heteroatoms. The minimum absolute atomic E-state index is 0.0535. The van der Waals surface area contributed by atoms with E-state index < -0.39 is 0 Å². The van der Waals surface area contributed by atoms with E-state index in [2.05, 4.69) is 4.98 Å². The fourth-order valence-electron chi connectivity index (χ4n) is 3.75. The molecular formula is C14H21N3OS. The van der Waals surface area contributed by atoms with Crippen LogP contribution in [0.3, 0.4) is 0 Å². The van der Waals surface area contributed by atoms with Gasteiger partial charge in [-0.25, -0.2) is 4.98 Å². The molecule has 2 fully saturated rings. The molecule has 19 heavy (non-hydrogen) atoms. The van der Waals surface area contributed by atoms with Gasteiger partial charge in [0, 0.05) is 24.2 Å². The van der Waals surface area contributed by atoms with E-state index in [1.807, 2.05) is 25.1 Å². The molecule has 0 aromatic carbocycles.